The van der Waals surface area contributed by atoms with Crippen molar-refractivity contribution in [2.24, 2.45) is 0 Å². The van der Waals surface area contributed by atoms with Gasteiger partial charge >= 0.3 is 12.1 Å². The van der Waals surface area contributed by atoms with Gasteiger partial charge in [-0.15, -0.1) is 11.3 Å². The molecule has 1 unspecified atom stereocenters. The molecule has 11 heteroatoms. The Hall–Kier alpha value is -3.96. The Morgan fingerprint density at radius 1 is 1.02 bits per heavy atom. The minimum Gasteiger partial charge on any atom is -0.444 e. The molecule has 214 valence electrons. The summed E-state index contributed by atoms with van der Waals surface area (Å²) in [7, 11) is 4.01. The van der Waals surface area contributed by atoms with Crippen LogP contribution in [0, 0.1) is 6.92 Å². The molecule has 10 nitrogen and oxygen atoms in total. The number of amides is 4. The molecule has 2 aromatic heterocycles. The smallest absolute Gasteiger partial charge is 0.412 e. The van der Waals surface area contributed by atoms with Gasteiger partial charge in [0, 0.05) is 22.6 Å². The monoisotopic (exact) mass is 566 g/mol. The number of carbonyl (C=O) groups excluding carboxylic acids is 3. The van der Waals surface area contributed by atoms with Gasteiger partial charge in [-0.1, -0.05) is 18.2 Å². The van der Waals surface area contributed by atoms with E-state index in [0.29, 0.717) is 23.5 Å². The molecule has 1 aromatic carbocycles. The van der Waals surface area contributed by atoms with Crippen LogP contribution in [-0.2, 0) is 4.74 Å². The third-order valence-electron chi connectivity index (χ3n) is 5.65. The SMILES string of the molecule is Cc1cccc(NC(=O)NC(CCCN(C)C)c2ccc(C(=O)Nc3cscc3NC(=O)OC(C)(C)C)nc2)c1. The molecule has 0 saturated carbocycles. The van der Waals surface area contributed by atoms with Crippen molar-refractivity contribution in [3.05, 3.63) is 70.2 Å². The molecule has 0 aliphatic carbocycles. The standard InChI is InChI=1S/C29H38N6O4S/c1-19-9-7-10-21(15-19)31-27(37)33-22(11-8-14-35(5)6)20-12-13-23(30-16-20)26(36)32-24-17-40-18-25(24)34-28(38)39-29(2,3)4/h7,9-10,12-13,15-18,22H,8,11,14H2,1-6H3,(H,32,36)(H,34,38)(H2,31,33,37). The van der Waals surface area contributed by atoms with E-state index in [9.17, 15) is 14.4 Å². The normalized spacial score (nSPS) is 12.0. The molecule has 2 heterocycles. The highest BCUT2D eigenvalue weighted by molar-refractivity contribution is 7.09. The van der Waals surface area contributed by atoms with Crippen LogP contribution in [0.3, 0.4) is 0 Å². The number of nitrogens with one attached hydrogen (secondary N) is 4. The lowest BCUT2D eigenvalue weighted by Gasteiger charge is -2.21. The molecule has 0 bridgehead atoms. The van der Waals surface area contributed by atoms with Crippen LogP contribution in [0.25, 0.3) is 0 Å². The van der Waals surface area contributed by atoms with E-state index < -0.39 is 17.6 Å². The highest BCUT2D eigenvalue weighted by Crippen LogP contribution is 2.28. The Kier molecular flexibility index (Phi) is 10.6. The maximum absolute atomic E-state index is 12.9. The number of urea groups is 1. The molecule has 40 heavy (non-hydrogen) atoms. The molecule has 0 aliphatic heterocycles. The van der Waals surface area contributed by atoms with Crippen LogP contribution in [0.2, 0.25) is 0 Å². The number of hydrogen-bond donors (Lipinski definition) is 4. The molecule has 0 fully saturated rings. The Labute approximate surface area is 239 Å². The van der Waals surface area contributed by atoms with Crippen LogP contribution < -0.4 is 21.3 Å². The fraction of sp³-hybridized carbons (Fsp3) is 0.379. The molecule has 0 radical (unpaired) electrons. The number of aromatic nitrogens is 1. The number of benzene rings is 1. The van der Waals surface area contributed by atoms with Gasteiger partial charge in [0.1, 0.15) is 11.3 Å². The van der Waals surface area contributed by atoms with Crippen molar-refractivity contribution < 1.29 is 19.1 Å². The number of anilines is 3. The molecular formula is C29H38N6O4S. The molecule has 4 amide bonds. The molecule has 3 aromatic rings. The zero-order valence-electron chi connectivity index (χ0n) is 23.8. The van der Waals surface area contributed by atoms with E-state index in [1.807, 2.05) is 45.3 Å². The minimum absolute atomic E-state index is 0.203. The summed E-state index contributed by atoms with van der Waals surface area (Å²) in [5.41, 5.74) is 3.00. The average molecular weight is 567 g/mol. The van der Waals surface area contributed by atoms with E-state index in [-0.39, 0.29) is 17.8 Å². The number of aryl methyl sites for hydroxylation is 1. The average Bonchev–Trinajstić information content (AvgIpc) is 3.28. The number of thiophene rings is 1. The number of nitrogens with zero attached hydrogens (tertiary/aromatic N) is 2. The van der Waals surface area contributed by atoms with Crippen LogP contribution >= 0.6 is 11.3 Å². The molecule has 0 aliphatic rings. The van der Waals surface area contributed by atoms with E-state index in [4.69, 9.17) is 4.74 Å². The third kappa shape index (κ3) is 9.97. The minimum atomic E-state index is -0.643. The van der Waals surface area contributed by atoms with Gasteiger partial charge in [-0.3, -0.25) is 15.1 Å². The number of ether oxygens (including phenoxy) is 1. The fourth-order valence-corrected chi connectivity index (χ4v) is 4.53. The lowest BCUT2D eigenvalue weighted by Crippen LogP contribution is -2.33. The Morgan fingerprint density at radius 2 is 1.75 bits per heavy atom. The molecule has 3 rings (SSSR count). The Morgan fingerprint density at radius 3 is 2.38 bits per heavy atom. The maximum Gasteiger partial charge on any atom is 0.412 e. The quantitative estimate of drug-likeness (QED) is 0.230. The largest absolute Gasteiger partial charge is 0.444 e. The second-order valence-corrected chi connectivity index (χ2v) is 11.5. The summed E-state index contributed by atoms with van der Waals surface area (Å²) < 4.78 is 5.29. The van der Waals surface area contributed by atoms with Crippen LogP contribution in [0.5, 0.6) is 0 Å². The molecule has 1 atom stereocenters. The summed E-state index contributed by atoms with van der Waals surface area (Å²) in [5.74, 6) is -0.425. The first kappa shape index (κ1) is 30.6. The van der Waals surface area contributed by atoms with Gasteiger partial charge in [0.05, 0.1) is 17.4 Å². The molecule has 4 N–H and O–H groups in total. The second-order valence-electron chi connectivity index (χ2n) is 10.7. The van der Waals surface area contributed by atoms with Gasteiger partial charge in [0.25, 0.3) is 5.91 Å². The zero-order valence-corrected chi connectivity index (χ0v) is 24.6. The summed E-state index contributed by atoms with van der Waals surface area (Å²) in [6.45, 7) is 8.16. The van der Waals surface area contributed by atoms with Crippen LogP contribution in [0.15, 0.2) is 53.4 Å². The Balaban J connectivity index is 1.67. The van der Waals surface area contributed by atoms with Crippen molar-refractivity contribution >= 4 is 46.4 Å². The topological polar surface area (TPSA) is 125 Å². The van der Waals surface area contributed by atoms with Gasteiger partial charge < -0.3 is 25.6 Å². The van der Waals surface area contributed by atoms with Crippen LogP contribution in [0.4, 0.5) is 26.7 Å². The number of rotatable bonds is 10. The number of carbonyl (C=O) groups is 3. The maximum atomic E-state index is 12.9. The van der Waals surface area contributed by atoms with Crippen molar-refractivity contribution in [3.8, 4) is 0 Å². The van der Waals surface area contributed by atoms with Gasteiger partial charge in [0.2, 0.25) is 0 Å². The van der Waals surface area contributed by atoms with E-state index >= 15 is 0 Å². The van der Waals surface area contributed by atoms with Crippen molar-refractivity contribution in [3.63, 3.8) is 0 Å². The third-order valence-corrected chi connectivity index (χ3v) is 6.39. The zero-order chi connectivity index (χ0) is 29.3. The highest BCUT2D eigenvalue weighted by atomic mass is 32.1. The summed E-state index contributed by atoms with van der Waals surface area (Å²) in [4.78, 5) is 44.3. The van der Waals surface area contributed by atoms with Crippen molar-refractivity contribution in [1.29, 1.82) is 0 Å². The fourth-order valence-electron chi connectivity index (χ4n) is 3.82. The Bertz CT molecular complexity index is 1300. The van der Waals surface area contributed by atoms with Crippen molar-refractivity contribution in [2.75, 3.05) is 36.6 Å². The summed E-state index contributed by atoms with van der Waals surface area (Å²) >= 11 is 1.33. The van der Waals surface area contributed by atoms with Crippen LogP contribution in [0.1, 0.15) is 61.3 Å². The van der Waals surface area contributed by atoms with Crippen molar-refractivity contribution in [1.82, 2.24) is 15.2 Å². The predicted octanol–water partition coefficient (Wildman–Crippen LogP) is 6.26. The number of pyridine rings is 1. The van der Waals surface area contributed by atoms with Crippen LogP contribution in [-0.4, -0.2) is 54.2 Å². The van der Waals surface area contributed by atoms with Gasteiger partial charge in [0.15, 0.2) is 0 Å². The predicted molar refractivity (Wildman–Crippen MR) is 160 cm³/mol. The summed E-state index contributed by atoms with van der Waals surface area (Å²) in [6.07, 6.45) is 2.55. The number of hydrogen-bond acceptors (Lipinski definition) is 7. The first-order valence-corrected chi connectivity index (χ1v) is 14.0. The second kappa shape index (κ2) is 13.9. The van der Waals surface area contributed by atoms with Crippen molar-refractivity contribution in [2.45, 2.75) is 52.2 Å². The highest BCUT2D eigenvalue weighted by Gasteiger charge is 2.20. The molecule has 0 spiro atoms. The lowest BCUT2D eigenvalue weighted by molar-refractivity contribution is 0.0635. The van der Waals surface area contributed by atoms with E-state index in [1.165, 1.54) is 11.3 Å². The molecule has 0 saturated heterocycles. The summed E-state index contributed by atoms with van der Waals surface area (Å²) in [5, 5.41) is 14.8. The first-order valence-electron chi connectivity index (χ1n) is 13.0. The van der Waals surface area contributed by atoms with Gasteiger partial charge in [-0.05, 0) is 90.5 Å². The van der Waals surface area contributed by atoms with E-state index in [1.54, 1.807) is 49.9 Å². The van der Waals surface area contributed by atoms with E-state index in [2.05, 4.69) is 31.2 Å². The lowest BCUT2D eigenvalue weighted by atomic mass is 10.0. The van der Waals surface area contributed by atoms with Gasteiger partial charge in [-0.25, -0.2) is 9.59 Å². The van der Waals surface area contributed by atoms with Gasteiger partial charge in [-0.2, -0.15) is 0 Å². The first-order chi connectivity index (χ1) is 18.9. The van der Waals surface area contributed by atoms with E-state index in [0.717, 1.165) is 24.1 Å². The molecular weight excluding hydrogens is 528 g/mol. The summed E-state index contributed by atoms with van der Waals surface area (Å²) in [6, 6.07) is 10.4.